The van der Waals surface area contributed by atoms with E-state index in [2.05, 4.69) is 21.0 Å². The molecule has 3 heterocycles. The molecular weight excluding hydrogens is 461 g/mol. The fraction of sp³-hybridized carbons (Fsp3) is 0.407. The van der Waals surface area contributed by atoms with E-state index >= 15 is 4.39 Å². The van der Waals surface area contributed by atoms with Crippen LogP contribution in [0.5, 0.6) is 0 Å². The third-order valence-electron chi connectivity index (χ3n) is 7.83. The van der Waals surface area contributed by atoms with Crippen LogP contribution in [-0.2, 0) is 22.6 Å². The number of carbonyl (C=O) groups excluding carboxylic acids is 2. The number of hydrogen-bond acceptors (Lipinski definition) is 6. The summed E-state index contributed by atoms with van der Waals surface area (Å²) in [6.45, 7) is 4.82. The van der Waals surface area contributed by atoms with Crippen molar-refractivity contribution in [3.05, 3.63) is 76.4 Å². The van der Waals surface area contributed by atoms with Gasteiger partial charge in [0.2, 0.25) is 5.91 Å². The third kappa shape index (κ3) is 3.97. The average molecular weight is 490 g/mol. The van der Waals surface area contributed by atoms with Crippen molar-refractivity contribution in [2.45, 2.75) is 38.5 Å². The summed E-state index contributed by atoms with van der Waals surface area (Å²) in [5, 5.41) is 4.19. The number of amides is 1. The highest BCUT2D eigenvalue weighted by molar-refractivity contribution is 5.94. The van der Waals surface area contributed by atoms with Gasteiger partial charge in [0.05, 0.1) is 17.2 Å². The number of halogens is 1. The summed E-state index contributed by atoms with van der Waals surface area (Å²) < 4.78 is 22.1. The minimum Gasteiger partial charge on any atom is -0.457 e. The van der Waals surface area contributed by atoms with Crippen LogP contribution in [0.3, 0.4) is 0 Å². The molecule has 6 rings (SSSR count). The number of nitrogens with zero attached hydrogens (tertiary/aromatic N) is 5. The van der Waals surface area contributed by atoms with Gasteiger partial charge in [-0.25, -0.2) is 18.9 Å². The molecule has 3 aromatic rings. The number of hydrogen-bond donors (Lipinski definition) is 0. The lowest BCUT2D eigenvalue weighted by atomic mass is 9.95. The minimum absolute atomic E-state index is 0.121. The lowest BCUT2D eigenvalue weighted by Gasteiger charge is -2.36. The number of cyclic esters (lactones) is 1. The van der Waals surface area contributed by atoms with Gasteiger partial charge in [0.25, 0.3) is 0 Å². The number of benzene rings is 2. The number of aromatic nitrogens is 3. The molecule has 3 aliphatic rings. The van der Waals surface area contributed by atoms with Gasteiger partial charge in [-0.15, -0.1) is 0 Å². The minimum atomic E-state index is -1.16. The van der Waals surface area contributed by atoms with Crippen LogP contribution in [0, 0.1) is 6.92 Å². The first-order valence-corrected chi connectivity index (χ1v) is 12.4. The molecule has 0 saturated carbocycles. The van der Waals surface area contributed by atoms with Gasteiger partial charge < -0.3 is 9.64 Å². The standard InChI is InChI=1S/C27H28FN5O3/c1-17-20(6-7-23-24(17)14-36-27(23)35)25(28)13-31-8-10-32(11-9-31)26(34)22-4-2-18-12-19(3-5-21(18)22)33-16-29-15-30-33/h3,5-7,12,15-16,22,25H,2,4,8-11,13-14H2,1H3. The highest BCUT2D eigenvalue weighted by Gasteiger charge is 2.34. The molecular formula is C27H28FN5O3. The van der Waals surface area contributed by atoms with E-state index in [1.165, 1.54) is 11.9 Å². The number of carbonyl (C=O) groups is 2. The second-order valence-electron chi connectivity index (χ2n) is 9.79. The molecule has 1 aromatic heterocycles. The summed E-state index contributed by atoms with van der Waals surface area (Å²) in [5.41, 5.74) is 5.98. The molecule has 1 amide bonds. The normalized spacial score (nSPS) is 20.2. The zero-order valence-corrected chi connectivity index (χ0v) is 20.2. The van der Waals surface area contributed by atoms with Gasteiger partial charge >= 0.3 is 5.97 Å². The number of esters is 1. The summed E-state index contributed by atoms with van der Waals surface area (Å²) in [5.74, 6) is -0.293. The van der Waals surface area contributed by atoms with Crippen LogP contribution >= 0.6 is 0 Å². The number of aryl methyl sites for hydroxylation is 1. The van der Waals surface area contributed by atoms with E-state index in [4.69, 9.17) is 4.74 Å². The molecule has 0 bridgehead atoms. The molecule has 2 atom stereocenters. The second-order valence-corrected chi connectivity index (χ2v) is 9.79. The molecule has 2 aromatic carbocycles. The van der Waals surface area contributed by atoms with E-state index in [9.17, 15) is 9.59 Å². The number of alkyl halides is 1. The van der Waals surface area contributed by atoms with Crippen LogP contribution in [0.4, 0.5) is 4.39 Å². The first kappa shape index (κ1) is 22.8. The Kier molecular flexibility index (Phi) is 5.79. The number of rotatable bonds is 5. The van der Waals surface area contributed by atoms with E-state index in [0.717, 1.165) is 35.2 Å². The van der Waals surface area contributed by atoms with E-state index in [-0.39, 0.29) is 30.9 Å². The molecule has 1 saturated heterocycles. The van der Waals surface area contributed by atoms with Gasteiger partial charge in [-0.1, -0.05) is 12.1 Å². The largest absolute Gasteiger partial charge is 0.457 e. The summed E-state index contributed by atoms with van der Waals surface area (Å²) >= 11 is 0. The van der Waals surface area contributed by atoms with Gasteiger partial charge in [-0.3, -0.25) is 9.69 Å². The van der Waals surface area contributed by atoms with Gasteiger partial charge in [0.15, 0.2) is 0 Å². The van der Waals surface area contributed by atoms with E-state index in [1.807, 2.05) is 24.0 Å². The summed E-state index contributed by atoms with van der Waals surface area (Å²) in [6.07, 6.45) is 3.70. The predicted octanol–water partition coefficient (Wildman–Crippen LogP) is 3.13. The smallest absolute Gasteiger partial charge is 0.338 e. The summed E-state index contributed by atoms with van der Waals surface area (Å²) in [4.78, 5) is 33.2. The van der Waals surface area contributed by atoms with Crippen molar-refractivity contribution in [2.24, 2.45) is 0 Å². The summed E-state index contributed by atoms with van der Waals surface area (Å²) in [6, 6.07) is 9.51. The summed E-state index contributed by atoms with van der Waals surface area (Å²) in [7, 11) is 0. The molecule has 186 valence electrons. The maximum absolute atomic E-state index is 15.3. The van der Waals surface area contributed by atoms with Crippen LogP contribution in [0.2, 0.25) is 0 Å². The van der Waals surface area contributed by atoms with Crippen LogP contribution in [0.25, 0.3) is 5.69 Å². The SMILES string of the molecule is Cc1c(C(F)CN2CCN(C(=O)C3CCc4cc(-n5cncn5)ccc43)CC2)ccc2c1COC2=O. The van der Waals surface area contributed by atoms with E-state index in [1.54, 1.807) is 23.1 Å². The monoisotopic (exact) mass is 489 g/mol. The van der Waals surface area contributed by atoms with Gasteiger partial charge in [-0.2, -0.15) is 5.10 Å². The number of fused-ring (bicyclic) bond motifs is 2. The topological polar surface area (TPSA) is 80.6 Å². The molecule has 2 aliphatic heterocycles. The van der Waals surface area contributed by atoms with Crippen molar-refractivity contribution in [1.82, 2.24) is 24.6 Å². The highest BCUT2D eigenvalue weighted by Crippen LogP contribution is 2.36. The molecule has 36 heavy (non-hydrogen) atoms. The first-order chi connectivity index (χ1) is 17.5. The quantitative estimate of drug-likeness (QED) is 0.513. The molecule has 1 fully saturated rings. The molecule has 1 aliphatic carbocycles. The molecule has 0 radical (unpaired) electrons. The third-order valence-corrected chi connectivity index (χ3v) is 7.83. The first-order valence-electron chi connectivity index (χ1n) is 12.4. The van der Waals surface area contributed by atoms with Gasteiger partial charge in [0, 0.05) is 38.3 Å². The van der Waals surface area contributed by atoms with Crippen LogP contribution in [-0.4, -0.2) is 69.2 Å². The lowest BCUT2D eigenvalue weighted by molar-refractivity contribution is -0.134. The average Bonchev–Trinajstić information content (AvgIpc) is 3.64. The number of ether oxygens (including phenoxy) is 1. The van der Waals surface area contributed by atoms with Gasteiger partial charge in [-0.05, 0) is 60.2 Å². The fourth-order valence-corrected chi connectivity index (χ4v) is 5.75. The van der Waals surface area contributed by atoms with Crippen molar-refractivity contribution < 1.29 is 18.7 Å². The van der Waals surface area contributed by atoms with Crippen molar-refractivity contribution >= 4 is 11.9 Å². The molecule has 2 unspecified atom stereocenters. The Hall–Kier alpha value is -3.59. The van der Waals surface area contributed by atoms with Crippen LogP contribution in [0.1, 0.15) is 56.7 Å². The molecule has 9 heteroatoms. The highest BCUT2D eigenvalue weighted by atomic mass is 19.1. The van der Waals surface area contributed by atoms with Crippen LogP contribution < -0.4 is 0 Å². The van der Waals surface area contributed by atoms with E-state index < -0.39 is 6.17 Å². The van der Waals surface area contributed by atoms with Crippen molar-refractivity contribution in [3.8, 4) is 5.69 Å². The van der Waals surface area contributed by atoms with Crippen molar-refractivity contribution in [3.63, 3.8) is 0 Å². The second kappa shape index (κ2) is 9.13. The van der Waals surface area contributed by atoms with Crippen molar-refractivity contribution in [2.75, 3.05) is 32.7 Å². The lowest BCUT2D eigenvalue weighted by Crippen LogP contribution is -2.50. The fourth-order valence-electron chi connectivity index (χ4n) is 5.75. The van der Waals surface area contributed by atoms with Gasteiger partial charge in [0.1, 0.15) is 25.4 Å². The Morgan fingerprint density at radius 2 is 2.03 bits per heavy atom. The molecule has 8 nitrogen and oxygen atoms in total. The zero-order valence-electron chi connectivity index (χ0n) is 20.2. The zero-order chi connectivity index (χ0) is 24.8. The predicted molar refractivity (Wildman–Crippen MR) is 130 cm³/mol. The molecule has 0 spiro atoms. The number of piperazine rings is 1. The van der Waals surface area contributed by atoms with Crippen LogP contribution in [0.15, 0.2) is 43.0 Å². The maximum Gasteiger partial charge on any atom is 0.338 e. The van der Waals surface area contributed by atoms with E-state index in [0.29, 0.717) is 37.3 Å². The Labute approximate surface area is 208 Å². The Morgan fingerprint density at radius 1 is 1.19 bits per heavy atom. The maximum atomic E-state index is 15.3. The Morgan fingerprint density at radius 3 is 2.81 bits per heavy atom. The van der Waals surface area contributed by atoms with Crippen molar-refractivity contribution in [1.29, 1.82) is 0 Å². The Balaban J connectivity index is 1.07. The molecule has 0 N–H and O–H groups in total. The Bertz CT molecular complexity index is 1320.